The number of carbonyl (C=O) groups excluding carboxylic acids is 1. The molecule has 1 aromatic rings. The molecule has 1 fully saturated rings. The second-order valence-corrected chi connectivity index (χ2v) is 4.49. The van der Waals surface area contributed by atoms with Gasteiger partial charge in [0.2, 0.25) is 11.0 Å². The molecule has 1 saturated heterocycles. The van der Waals surface area contributed by atoms with Crippen molar-refractivity contribution in [1.82, 2.24) is 15.5 Å². The van der Waals surface area contributed by atoms with Crippen LogP contribution in [0.3, 0.4) is 0 Å². The smallest absolute Gasteiger partial charge is 0.230 e. The van der Waals surface area contributed by atoms with E-state index in [1.807, 2.05) is 6.92 Å². The molecule has 14 heavy (non-hydrogen) atoms. The molecule has 1 unspecified atom stereocenters. The molecule has 2 rings (SSSR count). The minimum atomic E-state index is 0.0474. The van der Waals surface area contributed by atoms with Crippen LogP contribution in [0.2, 0.25) is 0 Å². The number of hydrogen-bond acceptors (Lipinski definition) is 5. The van der Waals surface area contributed by atoms with Crippen LogP contribution in [0.25, 0.3) is 0 Å². The lowest BCUT2D eigenvalue weighted by molar-refractivity contribution is -0.119. The summed E-state index contributed by atoms with van der Waals surface area (Å²) in [5, 5.41) is 15.1. The van der Waals surface area contributed by atoms with Gasteiger partial charge in [-0.15, -0.1) is 10.2 Å². The summed E-state index contributed by atoms with van der Waals surface area (Å²) in [7, 11) is 0. The predicted molar refractivity (Wildman–Crippen MR) is 54.3 cm³/mol. The Bertz CT molecular complexity index is 332. The molecule has 0 aromatic carbocycles. The van der Waals surface area contributed by atoms with Gasteiger partial charge in [-0.05, 0) is 19.9 Å². The number of aromatic nitrogens is 2. The first-order valence-electron chi connectivity index (χ1n) is 4.57. The molecule has 1 aromatic heterocycles. The van der Waals surface area contributed by atoms with Crippen LogP contribution in [0.5, 0.6) is 0 Å². The van der Waals surface area contributed by atoms with Crippen LogP contribution >= 0.6 is 11.3 Å². The van der Waals surface area contributed by atoms with Crippen molar-refractivity contribution in [2.24, 2.45) is 5.92 Å². The Morgan fingerprint density at radius 2 is 2.50 bits per heavy atom. The average Bonchev–Trinajstić information content (AvgIpc) is 2.75. The normalized spacial score (nSPS) is 21.1. The molecule has 0 spiro atoms. The quantitative estimate of drug-likeness (QED) is 0.744. The summed E-state index contributed by atoms with van der Waals surface area (Å²) in [5.74, 6) is 0.130. The molecule has 0 aliphatic carbocycles. The summed E-state index contributed by atoms with van der Waals surface area (Å²) in [5.41, 5.74) is 0. The SMILES string of the molecule is Cc1nnc(NC(=O)C2CCNC2)s1. The molecule has 2 N–H and O–H groups in total. The number of anilines is 1. The van der Waals surface area contributed by atoms with Crippen molar-refractivity contribution >= 4 is 22.4 Å². The minimum Gasteiger partial charge on any atom is -0.316 e. The highest BCUT2D eigenvalue weighted by Crippen LogP contribution is 2.16. The Morgan fingerprint density at radius 3 is 3.07 bits per heavy atom. The maximum atomic E-state index is 11.6. The number of amides is 1. The highest BCUT2D eigenvalue weighted by atomic mass is 32.1. The summed E-state index contributed by atoms with van der Waals surface area (Å²) in [6, 6.07) is 0. The fourth-order valence-electron chi connectivity index (χ4n) is 1.43. The first kappa shape index (κ1) is 9.54. The van der Waals surface area contributed by atoms with E-state index in [0.717, 1.165) is 24.5 Å². The Hall–Kier alpha value is -1.01. The van der Waals surface area contributed by atoms with E-state index < -0.39 is 0 Å². The maximum absolute atomic E-state index is 11.6. The van der Waals surface area contributed by atoms with E-state index in [-0.39, 0.29) is 11.8 Å². The lowest BCUT2D eigenvalue weighted by Gasteiger charge is -2.05. The summed E-state index contributed by atoms with van der Waals surface area (Å²) in [6.45, 7) is 3.56. The number of aryl methyl sites for hydroxylation is 1. The molecule has 1 aliphatic rings. The van der Waals surface area contributed by atoms with Gasteiger partial charge in [0.25, 0.3) is 0 Å². The van der Waals surface area contributed by atoms with Crippen LogP contribution in [0.4, 0.5) is 5.13 Å². The fraction of sp³-hybridized carbons (Fsp3) is 0.625. The first-order chi connectivity index (χ1) is 6.75. The number of nitrogens with one attached hydrogen (secondary N) is 2. The molecule has 0 saturated carbocycles. The van der Waals surface area contributed by atoms with Crippen LogP contribution in [0.1, 0.15) is 11.4 Å². The van der Waals surface area contributed by atoms with E-state index in [4.69, 9.17) is 0 Å². The molecule has 6 heteroatoms. The van der Waals surface area contributed by atoms with E-state index >= 15 is 0 Å². The van der Waals surface area contributed by atoms with Crippen molar-refractivity contribution in [3.05, 3.63) is 5.01 Å². The average molecular weight is 212 g/mol. The molecular formula is C8H12N4OS. The summed E-state index contributed by atoms with van der Waals surface area (Å²) in [6.07, 6.45) is 0.906. The molecule has 1 atom stereocenters. The zero-order valence-electron chi connectivity index (χ0n) is 7.91. The molecular weight excluding hydrogens is 200 g/mol. The monoisotopic (exact) mass is 212 g/mol. The summed E-state index contributed by atoms with van der Waals surface area (Å²) >= 11 is 1.40. The zero-order valence-corrected chi connectivity index (χ0v) is 8.73. The van der Waals surface area contributed by atoms with E-state index in [9.17, 15) is 4.79 Å². The maximum Gasteiger partial charge on any atom is 0.230 e. The fourth-order valence-corrected chi connectivity index (χ4v) is 2.03. The largest absolute Gasteiger partial charge is 0.316 e. The van der Waals surface area contributed by atoms with E-state index in [2.05, 4.69) is 20.8 Å². The second kappa shape index (κ2) is 4.02. The van der Waals surface area contributed by atoms with Crippen molar-refractivity contribution in [2.75, 3.05) is 18.4 Å². The van der Waals surface area contributed by atoms with Gasteiger partial charge in [0.15, 0.2) is 0 Å². The molecule has 0 radical (unpaired) electrons. The minimum absolute atomic E-state index is 0.0474. The number of carbonyl (C=O) groups is 1. The first-order valence-corrected chi connectivity index (χ1v) is 5.39. The molecule has 2 heterocycles. The zero-order chi connectivity index (χ0) is 9.97. The van der Waals surface area contributed by atoms with Gasteiger partial charge >= 0.3 is 0 Å². The van der Waals surface area contributed by atoms with Crippen LogP contribution in [0, 0.1) is 12.8 Å². The lowest BCUT2D eigenvalue weighted by Crippen LogP contribution is -2.24. The standard InChI is InChI=1S/C8H12N4OS/c1-5-11-12-8(14-5)10-7(13)6-2-3-9-4-6/h6,9H,2-4H2,1H3,(H,10,12,13). The van der Waals surface area contributed by atoms with Crippen LogP contribution in [0.15, 0.2) is 0 Å². The molecule has 1 amide bonds. The highest BCUT2D eigenvalue weighted by molar-refractivity contribution is 7.15. The van der Waals surface area contributed by atoms with E-state index in [1.165, 1.54) is 11.3 Å². The Balaban J connectivity index is 1.93. The molecule has 76 valence electrons. The van der Waals surface area contributed by atoms with Gasteiger partial charge in [0.05, 0.1) is 5.92 Å². The van der Waals surface area contributed by atoms with Gasteiger partial charge < -0.3 is 10.6 Å². The second-order valence-electron chi connectivity index (χ2n) is 3.31. The van der Waals surface area contributed by atoms with Gasteiger partial charge in [0, 0.05) is 6.54 Å². The van der Waals surface area contributed by atoms with E-state index in [0.29, 0.717) is 5.13 Å². The third kappa shape index (κ3) is 2.08. The summed E-state index contributed by atoms with van der Waals surface area (Å²) in [4.78, 5) is 11.6. The van der Waals surface area contributed by atoms with Crippen molar-refractivity contribution in [3.63, 3.8) is 0 Å². The third-order valence-electron chi connectivity index (χ3n) is 2.19. The number of nitrogens with zero attached hydrogens (tertiary/aromatic N) is 2. The highest BCUT2D eigenvalue weighted by Gasteiger charge is 2.22. The lowest BCUT2D eigenvalue weighted by atomic mass is 10.1. The van der Waals surface area contributed by atoms with E-state index in [1.54, 1.807) is 0 Å². The number of hydrogen-bond donors (Lipinski definition) is 2. The van der Waals surface area contributed by atoms with Crippen molar-refractivity contribution in [2.45, 2.75) is 13.3 Å². The van der Waals surface area contributed by atoms with Gasteiger partial charge in [-0.1, -0.05) is 11.3 Å². The Morgan fingerprint density at radius 1 is 1.64 bits per heavy atom. The van der Waals surface area contributed by atoms with Crippen molar-refractivity contribution in [3.8, 4) is 0 Å². The van der Waals surface area contributed by atoms with Gasteiger partial charge in [-0.25, -0.2) is 0 Å². The summed E-state index contributed by atoms with van der Waals surface area (Å²) < 4.78 is 0. The van der Waals surface area contributed by atoms with Crippen LogP contribution in [-0.4, -0.2) is 29.2 Å². The molecule has 5 nitrogen and oxygen atoms in total. The molecule has 0 bridgehead atoms. The van der Waals surface area contributed by atoms with Crippen LogP contribution in [-0.2, 0) is 4.79 Å². The van der Waals surface area contributed by atoms with Gasteiger partial charge in [0.1, 0.15) is 5.01 Å². The van der Waals surface area contributed by atoms with Crippen LogP contribution < -0.4 is 10.6 Å². The topological polar surface area (TPSA) is 66.9 Å². The molecule has 1 aliphatic heterocycles. The van der Waals surface area contributed by atoms with Crippen molar-refractivity contribution in [1.29, 1.82) is 0 Å². The Labute approximate surface area is 85.9 Å². The van der Waals surface area contributed by atoms with Crippen molar-refractivity contribution < 1.29 is 4.79 Å². The van der Waals surface area contributed by atoms with Gasteiger partial charge in [-0.2, -0.15) is 0 Å². The van der Waals surface area contributed by atoms with Gasteiger partial charge in [-0.3, -0.25) is 4.79 Å². The third-order valence-corrected chi connectivity index (χ3v) is 2.94. The Kier molecular flexibility index (Phi) is 2.74. The number of rotatable bonds is 2. The predicted octanol–water partition coefficient (Wildman–Crippen LogP) is 0.395.